The monoisotopic (exact) mass is 271 g/mol. The number of carbonyl (C=O) groups excluding carboxylic acids is 1. The second-order valence-electron chi connectivity index (χ2n) is 6.26. The van der Waals surface area contributed by atoms with Crippen molar-refractivity contribution >= 4 is 5.91 Å². The van der Waals surface area contributed by atoms with Gasteiger partial charge >= 0.3 is 0 Å². The normalized spacial score (nSPS) is 13.3. The van der Waals surface area contributed by atoms with Gasteiger partial charge in [0.05, 0.1) is 0 Å². The standard InChI is InChI=1S/C15H33N3O/c1-12(2)10-14(18(5)6)11-17-15(19)8-7-9-16-13(3)4/h12-14,16H,7-11H2,1-6H3,(H,17,19). The first-order chi connectivity index (χ1) is 8.82. The summed E-state index contributed by atoms with van der Waals surface area (Å²) in [5.41, 5.74) is 0. The lowest BCUT2D eigenvalue weighted by molar-refractivity contribution is -0.121. The van der Waals surface area contributed by atoms with E-state index in [2.05, 4.69) is 57.3 Å². The Labute approximate surface area is 119 Å². The first kappa shape index (κ1) is 18.4. The fraction of sp³-hybridized carbons (Fsp3) is 0.933. The lowest BCUT2D eigenvalue weighted by atomic mass is 10.0. The van der Waals surface area contributed by atoms with Gasteiger partial charge in [-0.3, -0.25) is 4.79 Å². The van der Waals surface area contributed by atoms with E-state index < -0.39 is 0 Å². The van der Waals surface area contributed by atoms with E-state index in [1.54, 1.807) is 0 Å². The molecular weight excluding hydrogens is 238 g/mol. The Kier molecular flexibility index (Phi) is 9.88. The SMILES string of the molecule is CC(C)CC(CNC(=O)CCCNC(C)C)N(C)C. The maximum absolute atomic E-state index is 11.7. The summed E-state index contributed by atoms with van der Waals surface area (Å²) in [7, 11) is 4.15. The number of carbonyl (C=O) groups is 1. The van der Waals surface area contributed by atoms with E-state index in [-0.39, 0.29) is 5.91 Å². The number of hydrogen-bond acceptors (Lipinski definition) is 3. The average Bonchev–Trinajstić information content (AvgIpc) is 2.29. The van der Waals surface area contributed by atoms with Gasteiger partial charge in [-0.2, -0.15) is 0 Å². The van der Waals surface area contributed by atoms with Gasteiger partial charge in [-0.1, -0.05) is 27.7 Å². The molecule has 0 aromatic rings. The Balaban J connectivity index is 3.79. The quantitative estimate of drug-likeness (QED) is 0.596. The number of nitrogens with one attached hydrogen (secondary N) is 2. The van der Waals surface area contributed by atoms with Gasteiger partial charge in [0.2, 0.25) is 5.91 Å². The molecule has 4 nitrogen and oxygen atoms in total. The zero-order valence-electron chi connectivity index (χ0n) is 13.6. The van der Waals surface area contributed by atoms with Crippen LogP contribution in [0.1, 0.15) is 47.0 Å². The maximum Gasteiger partial charge on any atom is 0.220 e. The Hall–Kier alpha value is -0.610. The van der Waals surface area contributed by atoms with E-state index >= 15 is 0 Å². The minimum Gasteiger partial charge on any atom is -0.355 e. The molecule has 1 unspecified atom stereocenters. The largest absolute Gasteiger partial charge is 0.355 e. The van der Waals surface area contributed by atoms with Crippen molar-refractivity contribution in [3.63, 3.8) is 0 Å². The van der Waals surface area contributed by atoms with Crippen LogP contribution in [0.2, 0.25) is 0 Å². The number of nitrogens with zero attached hydrogens (tertiary/aromatic N) is 1. The summed E-state index contributed by atoms with van der Waals surface area (Å²) < 4.78 is 0. The smallest absolute Gasteiger partial charge is 0.220 e. The average molecular weight is 271 g/mol. The molecule has 0 aliphatic carbocycles. The zero-order valence-corrected chi connectivity index (χ0v) is 13.6. The van der Waals surface area contributed by atoms with Gasteiger partial charge in [-0.25, -0.2) is 0 Å². The molecule has 0 saturated carbocycles. The zero-order chi connectivity index (χ0) is 14.8. The van der Waals surface area contributed by atoms with Crippen molar-refractivity contribution in [2.24, 2.45) is 5.92 Å². The van der Waals surface area contributed by atoms with Crippen molar-refractivity contribution in [3.05, 3.63) is 0 Å². The van der Waals surface area contributed by atoms with Crippen LogP contribution in [-0.2, 0) is 4.79 Å². The Morgan fingerprint density at radius 3 is 2.26 bits per heavy atom. The van der Waals surface area contributed by atoms with Crippen molar-refractivity contribution in [1.82, 2.24) is 15.5 Å². The van der Waals surface area contributed by atoms with Gasteiger partial charge in [-0.15, -0.1) is 0 Å². The van der Waals surface area contributed by atoms with Crippen LogP contribution in [0.5, 0.6) is 0 Å². The summed E-state index contributed by atoms with van der Waals surface area (Å²) in [5.74, 6) is 0.820. The van der Waals surface area contributed by atoms with E-state index in [0.717, 1.165) is 25.9 Å². The van der Waals surface area contributed by atoms with Crippen molar-refractivity contribution < 1.29 is 4.79 Å². The number of amides is 1. The summed E-state index contributed by atoms with van der Waals surface area (Å²) in [6.45, 7) is 10.3. The molecule has 0 bridgehead atoms. The highest BCUT2D eigenvalue weighted by atomic mass is 16.1. The minimum atomic E-state index is 0.168. The van der Waals surface area contributed by atoms with E-state index in [9.17, 15) is 4.79 Å². The predicted molar refractivity (Wildman–Crippen MR) is 82.3 cm³/mol. The van der Waals surface area contributed by atoms with Crippen LogP contribution >= 0.6 is 0 Å². The van der Waals surface area contributed by atoms with Crippen LogP contribution in [0.4, 0.5) is 0 Å². The third kappa shape index (κ3) is 11.0. The van der Waals surface area contributed by atoms with Crippen LogP contribution in [0.25, 0.3) is 0 Å². The summed E-state index contributed by atoms with van der Waals surface area (Å²) in [6, 6.07) is 0.921. The molecule has 114 valence electrons. The molecule has 0 radical (unpaired) electrons. The van der Waals surface area contributed by atoms with E-state index in [1.807, 2.05) is 0 Å². The Bertz CT molecular complexity index is 240. The van der Waals surface area contributed by atoms with Gasteiger partial charge in [0, 0.05) is 25.0 Å². The number of rotatable bonds is 10. The van der Waals surface area contributed by atoms with Gasteiger partial charge in [0.15, 0.2) is 0 Å². The van der Waals surface area contributed by atoms with Crippen LogP contribution in [-0.4, -0.2) is 50.1 Å². The predicted octanol–water partition coefficient (Wildman–Crippen LogP) is 1.86. The minimum absolute atomic E-state index is 0.168. The number of hydrogen-bond donors (Lipinski definition) is 2. The molecular formula is C15H33N3O. The van der Waals surface area contributed by atoms with E-state index in [4.69, 9.17) is 0 Å². The summed E-state index contributed by atoms with van der Waals surface area (Å²) >= 11 is 0. The third-order valence-electron chi connectivity index (χ3n) is 3.14. The first-order valence-corrected chi connectivity index (χ1v) is 7.49. The lowest BCUT2D eigenvalue weighted by Crippen LogP contribution is -2.41. The summed E-state index contributed by atoms with van der Waals surface area (Å²) in [6.07, 6.45) is 2.63. The lowest BCUT2D eigenvalue weighted by Gasteiger charge is -2.26. The van der Waals surface area contributed by atoms with Gasteiger partial charge in [0.25, 0.3) is 0 Å². The van der Waals surface area contributed by atoms with Crippen LogP contribution in [0.15, 0.2) is 0 Å². The van der Waals surface area contributed by atoms with Gasteiger partial charge in [-0.05, 0) is 39.4 Å². The van der Waals surface area contributed by atoms with Gasteiger partial charge < -0.3 is 15.5 Å². The topological polar surface area (TPSA) is 44.4 Å². The van der Waals surface area contributed by atoms with Crippen molar-refractivity contribution in [2.45, 2.75) is 59.0 Å². The second-order valence-corrected chi connectivity index (χ2v) is 6.26. The fourth-order valence-corrected chi connectivity index (χ4v) is 1.98. The fourth-order valence-electron chi connectivity index (χ4n) is 1.98. The molecule has 0 aromatic heterocycles. The molecule has 1 amide bonds. The molecule has 0 aliphatic heterocycles. The van der Waals surface area contributed by atoms with Crippen LogP contribution in [0.3, 0.4) is 0 Å². The molecule has 2 N–H and O–H groups in total. The molecule has 19 heavy (non-hydrogen) atoms. The highest BCUT2D eigenvalue weighted by Gasteiger charge is 2.14. The molecule has 4 heteroatoms. The molecule has 0 spiro atoms. The van der Waals surface area contributed by atoms with Crippen molar-refractivity contribution in [3.8, 4) is 0 Å². The van der Waals surface area contributed by atoms with E-state index in [1.165, 1.54) is 0 Å². The van der Waals surface area contributed by atoms with Gasteiger partial charge in [0.1, 0.15) is 0 Å². The maximum atomic E-state index is 11.7. The molecule has 0 aromatic carbocycles. The molecule has 1 atom stereocenters. The molecule has 0 heterocycles. The third-order valence-corrected chi connectivity index (χ3v) is 3.14. The molecule has 0 fully saturated rings. The molecule has 0 aliphatic rings. The molecule has 0 rings (SSSR count). The first-order valence-electron chi connectivity index (χ1n) is 7.49. The summed E-state index contributed by atoms with van der Waals surface area (Å²) in [4.78, 5) is 13.9. The molecule has 0 saturated heterocycles. The highest BCUT2D eigenvalue weighted by Crippen LogP contribution is 2.08. The van der Waals surface area contributed by atoms with Crippen LogP contribution < -0.4 is 10.6 Å². The van der Waals surface area contributed by atoms with Crippen LogP contribution in [0, 0.1) is 5.92 Å². The van der Waals surface area contributed by atoms with E-state index in [0.29, 0.717) is 24.4 Å². The Morgan fingerprint density at radius 1 is 1.16 bits per heavy atom. The second kappa shape index (κ2) is 10.2. The Morgan fingerprint density at radius 2 is 1.79 bits per heavy atom. The van der Waals surface area contributed by atoms with Crippen molar-refractivity contribution in [2.75, 3.05) is 27.2 Å². The summed E-state index contributed by atoms with van der Waals surface area (Å²) in [5, 5.41) is 6.37. The van der Waals surface area contributed by atoms with Crippen molar-refractivity contribution in [1.29, 1.82) is 0 Å². The highest BCUT2D eigenvalue weighted by molar-refractivity contribution is 5.75. The number of likely N-dealkylation sites (N-methyl/N-ethyl adjacent to an activating group) is 1.